The van der Waals surface area contributed by atoms with Gasteiger partial charge < -0.3 is 0 Å². The van der Waals surface area contributed by atoms with E-state index in [2.05, 4.69) is 26.5 Å². The summed E-state index contributed by atoms with van der Waals surface area (Å²) >= 11 is 0. The lowest BCUT2D eigenvalue weighted by molar-refractivity contribution is 0.610. The summed E-state index contributed by atoms with van der Waals surface area (Å²) in [5.41, 5.74) is 1.57. The maximum atomic E-state index is 3.75. The molecule has 0 nitrogen and oxygen atoms in total. The zero-order chi connectivity index (χ0) is 12.1. The predicted octanol–water partition coefficient (Wildman–Crippen LogP) is 6.04. The Bertz CT molecular complexity index is 176. The van der Waals surface area contributed by atoms with E-state index in [1.165, 1.54) is 57.8 Å². The highest BCUT2D eigenvalue weighted by Gasteiger charge is 1.91. The zero-order valence-corrected chi connectivity index (χ0v) is 11.4. The van der Waals surface area contributed by atoms with Crippen molar-refractivity contribution >= 4 is 0 Å². The first-order valence-corrected chi connectivity index (χ1v) is 7.07. The predicted molar refractivity (Wildman–Crippen MR) is 75.8 cm³/mol. The summed E-state index contributed by atoms with van der Waals surface area (Å²) in [6.45, 7) is 8.29. The monoisotopic (exact) mass is 222 g/mol. The summed E-state index contributed by atoms with van der Waals surface area (Å²) in [6.07, 6.45) is 17.8. The van der Waals surface area contributed by atoms with E-state index >= 15 is 0 Å². The lowest BCUT2D eigenvalue weighted by Crippen LogP contribution is -1.81. The van der Waals surface area contributed by atoms with Crippen LogP contribution in [-0.4, -0.2) is 0 Å². The van der Waals surface area contributed by atoms with Crippen molar-refractivity contribution < 1.29 is 0 Å². The number of rotatable bonds is 11. The van der Waals surface area contributed by atoms with Gasteiger partial charge in [-0.3, -0.25) is 0 Å². The third-order valence-corrected chi connectivity index (χ3v) is 3.03. The van der Waals surface area contributed by atoms with Crippen LogP contribution in [0.5, 0.6) is 0 Å². The number of unbranched alkanes of at least 4 members (excludes halogenated alkanes) is 7. The van der Waals surface area contributed by atoms with Gasteiger partial charge in [-0.2, -0.15) is 0 Å². The van der Waals surface area contributed by atoms with Crippen LogP contribution in [0.2, 0.25) is 0 Å². The minimum atomic E-state index is 1.15. The molecule has 0 fully saturated rings. The van der Waals surface area contributed by atoms with Crippen LogP contribution in [0.4, 0.5) is 0 Å². The van der Waals surface area contributed by atoms with Crippen molar-refractivity contribution in [2.24, 2.45) is 0 Å². The van der Waals surface area contributed by atoms with Gasteiger partial charge in [0.15, 0.2) is 0 Å². The van der Waals surface area contributed by atoms with E-state index < -0.39 is 0 Å². The van der Waals surface area contributed by atoms with Gasteiger partial charge in [-0.15, -0.1) is 6.58 Å². The van der Waals surface area contributed by atoms with E-state index in [4.69, 9.17) is 0 Å². The van der Waals surface area contributed by atoms with E-state index in [0.29, 0.717) is 0 Å². The molecule has 0 aliphatic heterocycles. The molecule has 0 rings (SSSR count). The highest BCUT2D eigenvalue weighted by Crippen LogP contribution is 2.11. The summed E-state index contributed by atoms with van der Waals surface area (Å²) in [7, 11) is 0. The van der Waals surface area contributed by atoms with E-state index in [1.54, 1.807) is 5.57 Å². The van der Waals surface area contributed by atoms with Crippen LogP contribution in [0.1, 0.15) is 78.1 Å². The summed E-state index contributed by atoms with van der Waals surface area (Å²) in [4.78, 5) is 0. The second-order valence-electron chi connectivity index (χ2n) is 4.79. The van der Waals surface area contributed by atoms with Crippen molar-refractivity contribution in [3.8, 4) is 0 Å². The number of hydrogen-bond acceptors (Lipinski definition) is 0. The fraction of sp³-hybridized carbons (Fsp3) is 0.750. The Kier molecular flexibility index (Phi) is 12.1. The van der Waals surface area contributed by atoms with Gasteiger partial charge in [0.2, 0.25) is 0 Å². The topological polar surface area (TPSA) is 0 Å². The smallest absolute Gasteiger partial charge is 0.0320 e. The highest BCUT2D eigenvalue weighted by atomic mass is 14.0. The molecule has 0 atom stereocenters. The standard InChI is InChI=1S/C16H30/c1-4-6-8-9-10-11-13-15-16(3)14-12-7-5-2/h5,15H,2,4,6-14H2,1,3H3. The van der Waals surface area contributed by atoms with Crippen molar-refractivity contribution in [2.45, 2.75) is 78.1 Å². The molecule has 0 heteroatoms. The SMILES string of the molecule is C=CCCCC(C)=CCCCCCCCC. The van der Waals surface area contributed by atoms with Gasteiger partial charge in [-0.25, -0.2) is 0 Å². The molecule has 0 heterocycles. The van der Waals surface area contributed by atoms with Gasteiger partial charge in [0.05, 0.1) is 0 Å². The largest absolute Gasteiger partial charge is 0.103 e. The first-order valence-electron chi connectivity index (χ1n) is 7.07. The maximum Gasteiger partial charge on any atom is -0.0320 e. The minimum Gasteiger partial charge on any atom is -0.103 e. The molecule has 0 aliphatic carbocycles. The summed E-state index contributed by atoms with van der Waals surface area (Å²) in [5, 5.41) is 0. The zero-order valence-electron chi connectivity index (χ0n) is 11.4. The van der Waals surface area contributed by atoms with E-state index in [1.807, 2.05) is 6.08 Å². The molecule has 16 heavy (non-hydrogen) atoms. The van der Waals surface area contributed by atoms with Crippen molar-refractivity contribution in [3.05, 3.63) is 24.3 Å². The molecule has 0 bridgehead atoms. The number of hydrogen-bond donors (Lipinski definition) is 0. The average Bonchev–Trinajstić information content (AvgIpc) is 2.28. The molecule has 0 radical (unpaired) electrons. The Morgan fingerprint density at radius 2 is 1.62 bits per heavy atom. The molecule has 0 aromatic heterocycles. The molecule has 0 amide bonds. The van der Waals surface area contributed by atoms with Crippen LogP contribution >= 0.6 is 0 Å². The van der Waals surface area contributed by atoms with Crippen LogP contribution in [-0.2, 0) is 0 Å². The normalized spacial score (nSPS) is 11.8. The molecular formula is C16H30. The fourth-order valence-corrected chi connectivity index (χ4v) is 1.90. The minimum absolute atomic E-state index is 1.15. The molecule has 0 aliphatic rings. The van der Waals surface area contributed by atoms with E-state index in [0.717, 1.165) is 6.42 Å². The Morgan fingerprint density at radius 1 is 0.938 bits per heavy atom. The van der Waals surface area contributed by atoms with Gasteiger partial charge in [-0.1, -0.05) is 56.8 Å². The lowest BCUT2D eigenvalue weighted by atomic mass is 10.1. The molecule has 0 aromatic carbocycles. The molecule has 94 valence electrons. The quantitative estimate of drug-likeness (QED) is 0.295. The first-order chi connectivity index (χ1) is 7.81. The lowest BCUT2D eigenvalue weighted by Gasteiger charge is -2.01. The Hall–Kier alpha value is -0.520. The van der Waals surface area contributed by atoms with Gasteiger partial charge in [0.1, 0.15) is 0 Å². The first kappa shape index (κ1) is 15.5. The van der Waals surface area contributed by atoms with Gasteiger partial charge in [-0.05, 0) is 39.0 Å². The van der Waals surface area contributed by atoms with Gasteiger partial charge >= 0.3 is 0 Å². The summed E-state index contributed by atoms with van der Waals surface area (Å²) in [6, 6.07) is 0. The third kappa shape index (κ3) is 11.6. The van der Waals surface area contributed by atoms with Gasteiger partial charge in [0, 0.05) is 0 Å². The molecular weight excluding hydrogens is 192 g/mol. The second-order valence-corrected chi connectivity index (χ2v) is 4.79. The molecule has 0 saturated heterocycles. The Labute approximate surface area is 103 Å². The molecule has 0 N–H and O–H groups in total. The second kappa shape index (κ2) is 12.5. The van der Waals surface area contributed by atoms with Crippen LogP contribution in [0, 0.1) is 0 Å². The molecule has 0 saturated carbocycles. The number of allylic oxidation sites excluding steroid dienone is 3. The van der Waals surface area contributed by atoms with Crippen LogP contribution in [0.3, 0.4) is 0 Å². The van der Waals surface area contributed by atoms with Crippen LogP contribution in [0.25, 0.3) is 0 Å². The van der Waals surface area contributed by atoms with Crippen LogP contribution < -0.4 is 0 Å². The van der Waals surface area contributed by atoms with Crippen LogP contribution in [0.15, 0.2) is 24.3 Å². The molecule has 0 spiro atoms. The summed E-state index contributed by atoms with van der Waals surface area (Å²) < 4.78 is 0. The maximum absolute atomic E-state index is 3.75. The highest BCUT2D eigenvalue weighted by molar-refractivity contribution is 4.97. The molecule has 0 unspecified atom stereocenters. The van der Waals surface area contributed by atoms with Gasteiger partial charge in [0.25, 0.3) is 0 Å². The fourth-order valence-electron chi connectivity index (χ4n) is 1.90. The Morgan fingerprint density at radius 3 is 2.31 bits per heavy atom. The van der Waals surface area contributed by atoms with Crippen molar-refractivity contribution in [1.29, 1.82) is 0 Å². The van der Waals surface area contributed by atoms with E-state index in [-0.39, 0.29) is 0 Å². The summed E-state index contributed by atoms with van der Waals surface area (Å²) in [5.74, 6) is 0. The average molecular weight is 222 g/mol. The van der Waals surface area contributed by atoms with Crippen molar-refractivity contribution in [2.75, 3.05) is 0 Å². The Balaban J connectivity index is 3.26. The third-order valence-electron chi connectivity index (χ3n) is 3.03. The van der Waals surface area contributed by atoms with Crippen molar-refractivity contribution in [1.82, 2.24) is 0 Å². The molecule has 0 aromatic rings. The van der Waals surface area contributed by atoms with Crippen molar-refractivity contribution in [3.63, 3.8) is 0 Å². The van der Waals surface area contributed by atoms with E-state index in [9.17, 15) is 0 Å².